The topological polar surface area (TPSA) is 23.5 Å². The molecule has 2 atom stereocenters. The van der Waals surface area contributed by atoms with Gasteiger partial charge in [0.05, 0.1) is 6.10 Å². The minimum Gasteiger partial charge on any atom is -0.389 e. The number of hydrogen-bond acceptors (Lipinski definition) is 2. The van der Waals surface area contributed by atoms with Gasteiger partial charge in [-0.1, -0.05) is 40.2 Å². The van der Waals surface area contributed by atoms with Crippen molar-refractivity contribution in [1.29, 1.82) is 0 Å². The van der Waals surface area contributed by atoms with E-state index in [4.69, 9.17) is 0 Å². The molecule has 0 aromatic heterocycles. The summed E-state index contributed by atoms with van der Waals surface area (Å²) in [6.07, 6.45) is 1.84. The Balaban J connectivity index is 2.05. The molecule has 2 aromatic rings. The van der Waals surface area contributed by atoms with Crippen molar-refractivity contribution in [1.82, 2.24) is 0 Å². The number of aryl methyl sites for hydroxylation is 1. The lowest BCUT2D eigenvalue weighted by molar-refractivity contribution is 0.198. The van der Waals surface area contributed by atoms with E-state index >= 15 is 0 Å². The fraction of sp³-hybridized carbons (Fsp3) is 0.333. The lowest BCUT2D eigenvalue weighted by Gasteiger charge is -2.37. The first-order valence-electron chi connectivity index (χ1n) is 7.42. The summed E-state index contributed by atoms with van der Waals surface area (Å²) >= 11 is 3.59. The van der Waals surface area contributed by atoms with Crippen LogP contribution >= 0.6 is 15.9 Å². The molecule has 3 rings (SSSR count). The van der Waals surface area contributed by atoms with Gasteiger partial charge in [0.2, 0.25) is 0 Å². The van der Waals surface area contributed by atoms with Crippen LogP contribution in [0.5, 0.6) is 0 Å². The van der Waals surface area contributed by atoms with Crippen molar-refractivity contribution in [3.63, 3.8) is 0 Å². The highest BCUT2D eigenvalue weighted by Crippen LogP contribution is 2.38. The first kappa shape index (κ1) is 14.6. The van der Waals surface area contributed by atoms with Crippen molar-refractivity contribution in [2.45, 2.75) is 38.8 Å². The summed E-state index contributed by atoms with van der Waals surface area (Å²) in [5, 5.41) is 9.77. The summed E-state index contributed by atoms with van der Waals surface area (Å²) in [6.45, 7) is 4.06. The van der Waals surface area contributed by atoms with E-state index < -0.39 is 6.10 Å². The molecule has 1 aliphatic heterocycles. The van der Waals surface area contributed by atoms with Crippen LogP contribution in [-0.2, 0) is 6.42 Å². The van der Waals surface area contributed by atoms with Crippen molar-refractivity contribution >= 4 is 27.3 Å². The van der Waals surface area contributed by atoms with Crippen LogP contribution < -0.4 is 4.90 Å². The number of benzene rings is 2. The number of para-hydroxylation sites is 1. The fourth-order valence-corrected chi connectivity index (χ4v) is 3.78. The summed E-state index contributed by atoms with van der Waals surface area (Å²) in [5.41, 5.74) is 4.81. The Morgan fingerprint density at radius 2 is 2.00 bits per heavy atom. The molecule has 110 valence electrons. The maximum Gasteiger partial charge on any atom is 0.0772 e. The minimum absolute atomic E-state index is 0.459. The van der Waals surface area contributed by atoms with Gasteiger partial charge in [-0.25, -0.2) is 0 Å². The highest BCUT2D eigenvalue weighted by molar-refractivity contribution is 9.10. The predicted octanol–water partition coefficient (Wildman–Crippen LogP) is 4.98. The van der Waals surface area contributed by atoms with Gasteiger partial charge in [0, 0.05) is 21.9 Å². The molecule has 0 spiro atoms. The second kappa shape index (κ2) is 5.82. The zero-order chi connectivity index (χ0) is 15.0. The highest BCUT2D eigenvalue weighted by Gasteiger charge is 2.24. The summed E-state index contributed by atoms with van der Waals surface area (Å²) in [5.74, 6) is 0. The Bertz CT molecular complexity index is 653. The van der Waals surface area contributed by atoms with Crippen LogP contribution in [0.2, 0.25) is 0 Å². The van der Waals surface area contributed by atoms with E-state index in [0.29, 0.717) is 6.04 Å². The first-order valence-corrected chi connectivity index (χ1v) is 8.22. The Labute approximate surface area is 134 Å². The number of halogens is 1. The van der Waals surface area contributed by atoms with E-state index in [1.807, 2.05) is 6.07 Å². The lowest BCUT2D eigenvalue weighted by atomic mass is 9.95. The summed E-state index contributed by atoms with van der Waals surface area (Å²) in [4.78, 5) is 2.40. The quantitative estimate of drug-likeness (QED) is 0.829. The average Bonchev–Trinajstić information content (AvgIpc) is 2.46. The van der Waals surface area contributed by atoms with E-state index in [1.54, 1.807) is 6.92 Å². The predicted molar refractivity (Wildman–Crippen MR) is 91.1 cm³/mol. The van der Waals surface area contributed by atoms with Crippen LogP contribution in [0.3, 0.4) is 0 Å². The van der Waals surface area contributed by atoms with Crippen molar-refractivity contribution in [3.05, 3.63) is 58.1 Å². The Kier molecular flexibility index (Phi) is 4.05. The number of nitrogens with zero attached hydrogens (tertiary/aromatic N) is 1. The summed E-state index contributed by atoms with van der Waals surface area (Å²) in [7, 11) is 0. The molecule has 1 N–H and O–H groups in total. The van der Waals surface area contributed by atoms with Gasteiger partial charge in [0.1, 0.15) is 0 Å². The van der Waals surface area contributed by atoms with Crippen molar-refractivity contribution in [2.24, 2.45) is 0 Å². The maximum atomic E-state index is 9.77. The van der Waals surface area contributed by atoms with Crippen LogP contribution in [0.25, 0.3) is 0 Å². The summed E-state index contributed by atoms with van der Waals surface area (Å²) < 4.78 is 0.963. The number of aliphatic hydroxyl groups is 1. The molecule has 0 fully saturated rings. The van der Waals surface area contributed by atoms with E-state index in [9.17, 15) is 5.11 Å². The van der Waals surface area contributed by atoms with Crippen molar-refractivity contribution < 1.29 is 5.11 Å². The molecule has 0 bridgehead atoms. The zero-order valence-corrected chi connectivity index (χ0v) is 14.0. The molecular weight excluding hydrogens is 326 g/mol. The van der Waals surface area contributed by atoms with Gasteiger partial charge >= 0.3 is 0 Å². The fourth-order valence-electron chi connectivity index (χ4n) is 3.09. The van der Waals surface area contributed by atoms with E-state index in [0.717, 1.165) is 22.9 Å². The number of rotatable bonds is 2. The number of aliphatic hydroxyl groups excluding tert-OH is 1. The molecule has 1 heterocycles. The molecule has 3 heteroatoms. The first-order chi connectivity index (χ1) is 10.1. The van der Waals surface area contributed by atoms with Crippen molar-refractivity contribution in [2.75, 3.05) is 4.90 Å². The monoisotopic (exact) mass is 345 g/mol. The highest BCUT2D eigenvalue weighted by atomic mass is 79.9. The largest absolute Gasteiger partial charge is 0.389 e. The van der Waals surface area contributed by atoms with Gasteiger partial charge in [0.15, 0.2) is 0 Å². The molecule has 1 unspecified atom stereocenters. The third-order valence-corrected chi connectivity index (χ3v) is 4.92. The van der Waals surface area contributed by atoms with Gasteiger partial charge in [-0.3, -0.25) is 0 Å². The number of anilines is 2. The van der Waals surface area contributed by atoms with E-state index in [1.165, 1.54) is 16.9 Å². The molecule has 0 radical (unpaired) electrons. The number of hydrogen-bond donors (Lipinski definition) is 1. The van der Waals surface area contributed by atoms with Crippen LogP contribution in [-0.4, -0.2) is 11.1 Å². The van der Waals surface area contributed by atoms with Gasteiger partial charge in [0.25, 0.3) is 0 Å². The van der Waals surface area contributed by atoms with Gasteiger partial charge in [-0.15, -0.1) is 0 Å². The Hall–Kier alpha value is -1.32. The van der Waals surface area contributed by atoms with E-state index in [2.05, 4.69) is 64.2 Å². The molecule has 2 aromatic carbocycles. The van der Waals surface area contributed by atoms with Gasteiger partial charge in [-0.2, -0.15) is 0 Å². The van der Waals surface area contributed by atoms with E-state index in [-0.39, 0.29) is 0 Å². The third kappa shape index (κ3) is 2.72. The lowest BCUT2D eigenvalue weighted by Crippen LogP contribution is -2.33. The van der Waals surface area contributed by atoms with Gasteiger partial charge in [-0.05, 0) is 56.0 Å². The Morgan fingerprint density at radius 3 is 2.71 bits per heavy atom. The Morgan fingerprint density at radius 1 is 1.24 bits per heavy atom. The molecular formula is C18H20BrNO. The van der Waals surface area contributed by atoms with Crippen LogP contribution in [0.4, 0.5) is 11.4 Å². The maximum absolute atomic E-state index is 9.77. The molecule has 0 amide bonds. The third-order valence-electron chi connectivity index (χ3n) is 4.24. The number of fused-ring (bicyclic) bond motifs is 1. The second-order valence-electron chi connectivity index (χ2n) is 5.77. The van der Waals surface area contributed by atoms with Crippen molar-refractivity contribution in [3.8, 4) is 0 Å². The van der Waals surface area contributed by atoms with Crippen LogP contribution in [0.15, 0.2) is 46.9 Å². The second-order valence-corrected chi connectivity index (χ2v) is 6.62. The average molecular weight is 346 g/mol. The smallest absolute Gasteiger partial charge is 0.0772 e. The molecule has 0 saturated heterocycles. The minimum atomic E-state index is -0.459. The van der Waals surface area contributed by atoms with Gasteiger partial charge < -0.3 is 10.0 Å². The molecule has 0 saturated carbocycles. The molecule has 2 nitrogen and oxygen atoms in total. The van der Waals surface area contributed by atoms with Crippen LogP contribution in [0, 0.1) is 0 Å². The zero-order valence-electron chi connectivity index (χ0n) is 12.4. The standard InChI is InChI=1S/C18H20BrNO/c1-12-7-8-14-5-3-4-6-18(14)20(12)15-9-10-16(13(2)21)17(19)11-15/h3-6,9-13,21H,7-8H2,1-2H3/t12?,13-/m0/s1. The summed E-state index contributed by atoms with van der Waals surface area (Å²) in [6, 6.07) is 15.3. The normalized spacial score (nSPS) is 19.2. The molecule has 1 aliphatic rings. The van der Waals surface area contributed by atoms with Crippen LogP contribution in [0.1, 0.15) is 37.5 Å². The molecule has 0 aliphatic carbocycles. The SMILES string of the molecule is CC1CCc2ccccc2N1c1ccc([C@H](C)O)c(Br)c1. The molecule has 21 heavy (non-hydrogen) atoms.